The van der Waals surface area contributed by atoms with E-state index in [1.165, 1.54) is 23.5 Å². The number of carbonyl (C=O) groups is 1. The average molecular weight is 306 g/mol. The first-order valence-corrected chi connectivity index (χ1v) is 6.85. The van der Waals surface area contributed by atoms with Crippen molar-refractivity contribution in [2.75, 3.05) is 5.32 Å². The smallest absolute Gasteiger partial charge is 0.335 e. The Hall–Kier alpha value is -2.18. The number of nitrogens with zero attached hydrogens (tertiary/aromatic N) is 2. The number of nitrogens with one attached hydrogen (secondary N) is 1. The van der Waals surface area contributed by atoms with Gasteiger partial charge in [-0.3, -0.25) is 0 Å². The second-order valence-electron chi connectivity index (χ2n) is 3.98. The van der Waals surface area contributed by atoms with E-state index in [2.05, 4.69) is 15.3 Å². The fourth-order valence-electron chi connectivity index (χ4n) is 1.72. The first-order valence-electron chi connectivity index (χ1n) is 5.65. The lowest BCUT2D eigenvalue weighted by atomic mass is 10.2. The molecule has 0 saturated carbocycles. The Labute approximate surface area is 122 Å². The van der Waals surface area contributed by atoms with E-state index in [4.69, 9.17) is 16.7 Å². The minimum Gasteiger partial charge on any atom is -0.478 e. The summed E-state index contributed by atoms with van der Waals surface area (Å²) in [5, 5.41) is 12.7. The highest BCUT2D eigenvalue weighted by Crippen LogP contribution is 2.28. The molecule has 3 aromatic rings. The number of aromatic nitrogens is 2. The number of carboxylic acids is 1. The predicted octanol–water partition coefficient (Wildman–Crippen LogP) is 3.79. The number of para-hydroxylation sites is 1. The van der Waals surface area contributed by atoms with Crippen molar-refractivity contribution in [1.82, 2.24) is 9.97 Å². The van der Waals surface area contributed by atoms with Gasteiger partial charge in [0.25, 0.3) is 0 Å². The van der Waals surface area contributed by atoms with Gasteiger partial charge in [0.1, 0.15) is 11.0 Å². The lowest BCUT2D eigenvalue weighted by Gasteiger charge is -2.03. The van der Waals surface area contributed by atoms with Crippen molar-refractivity contribution in [3.8, 4) is 0 Å². The summed E-state index contributed by atoms with van der Waals surface area (Å²) in [6.07, 6.45) is 0. The molecule has 100 valence electrons. The number of fused-ring (bicyclic) bond motifs is 1. The first kappa shape index (κ1) is 12.8. The molecule has 0 fully saturated rings. The van der Waals surface area contributed by atoms with E-state index < -0.39 is 5.97 Å². The number of hydrogen-bond donors (Lipinski definition) is 2. The van der Waals surface area contributed by atoms with Crippen LogP contribution in [-0.4, -0.2) is 21.0 Å². The summed E-state index contributed by atoms with van der Waals surface area (Å²) >= 11 is 7.27. The van der Waals surface area contributed by atoms with Crippen molar-refractivity contribution < 1.29 is 9.90 Å². The fraction of sp³-hybridized carbons (Fsp3) is 0. The molecule has 7 heteroatoms. The van der Waals surface area contributed by atoms with Crippen LogP contribution in [0.2, 0.25) is 5.15 Å². The zero-order valence-electron chi connectivity index (χ0n) is 10.0. The number of pyridine rings is 1. The van der Waals surface area contributed by atoms with E-state index in [9.17, 15) is 4.79 Å². The maximum Gasteiger partial charge on any atom is 0.335 e. The highest BCUT2D eigenvalue weighted by molar-refractivity contribution is 7.22. The third kappa shape index (κ3) is 2.56. The van der Waals surface area contributed by atoms with E-state index in [0.717, 1.165) is 10.2 Å². The number of benzene rings is 1. The normalized spacial score (nSPS) is 10.7. The standard InChI is InChI=1S/C13H8ClN3O2S/c14-10-5-7(12(18)19)6-11(16-10)17-13-15-8-3-1-2-4-9(8)20-13/h1-6H,(H,18,19)(H,15,16,17). The molecule has 2 aromatic heterocycles. The molecular formula is C13H8ClN3O2S. The molecule has 0 aliphatic rings. The van der Waals surface area contributed by atoms with Crippen molar-refractivity contribution >= 4 is 50.1 Å². The summed E-state index contributed by atoms with van der Waals surface area (Å²) in [7, 11) is 0. The zero-order valence-corrected chi connectivity index (χ0v) is 11.6. The van der Waals surface area contributed by atoms with E-state index >= 15 is 0 Å². The number of aromatic carboxylic acids is 1. The minimum absolute atomic E-state index is 0.0774. The van der Waals surface area contributed by atoms with Crippen LogP contribution in [0, 0.1) is 0 Å². The Balaban J connectivity index is 1.96. The Morgan fingerprint density at radius 1 is 1.25 bits per heavy atom. The van der Waals surface area contributed by atoms with Gasteiger partial charge in [0.05, 0.1) is 15.8 Å². The molecule has 1 aromatic carbocycles. The quantitative estimate of drug-likeness (QED) is 0.720. The number of hydrogen-bond acceptors (Lipinski definition) is 5. The van der Waals surface area contributed by atoms with Gasteiger partial charge in [-0.2, -0.15) is 0 Å². The molecule has 3 rings (SSSR count). The summed E-state index contributed by atoms with van der Waals surface area (Å²) in [4.78, 5) is 19.4. The molecule has 20 heavy (non-hydrogen) atoms. The van der Waals surface area contributed by atoms with E-state index in [1.54, 1.807) is 0 Å². The molecule has 0 aliphatic heterocycles. The van der Waals surface area contributed by atoms with Gasteiger partial charge in [-0.15, -0.1) is 0 Å². The van der Waals surface area contributed by atoms with Crippen molar-refractivity contribution in [2.45, 2.75) is 0 Å². The number of rotatable bonds is 3. The summed E-state index contributed by atoms with van der Waals surface area (Å²) in [6.45, 7) is 0. The first-order chi connectivity index (χ1) is 9.61. The van der Waals surface area contributed by atoms with Crippen LogP contribution in [0.5, 0.6) is 0 Å². The molecule has 2 N–H and O–H groups in total. The van der Waals surface area contributed by atoms with E-state index in [1.807, 2.05) is 24.3 Å². The maximum atomic E-state index is 11.0. The largest absolute Gasteiger partial charge is 0.478 e. The summed E-state index contributed by atoms with van der Waals surface area (Å²) in [5.74, 6) is -0.699. The molecule has 5 nitrogen and oxygen atoms in total. The minimum atomic E-state index is -1.05. The van der Waals surface area contributed by atoms with Crippen LogP contribution < -0.4 is 5.32 Å². The number of thiazole rings is 1. The third-order valence-corrected chi connectivity index (χ3v) is 3.72. The van der Waals surface area contributed by atoms with Crippen molar-refractivity contribution in [2.24, 2.45) is 0 Å². The molecule has 0 unspecified atom stereocenters. The van der Waals surface area contributed by atoms with Gasteiger partial charge in [0, 0.05) is 0 Å². The molecule has 0 atom stereocenters. The van der Waals surface area contributed by atoms with Crippen molar-refractivity contribution in [3.63, 3.8) is 0 Å². The topological polar surface area (TPSA) is 75.1 Å². The van der Waals surface area contributed by atoms with Crippen LogP contribution in [0.15, 0.2) is 36.4 Å². The molecule has 0 radical (unpaired) electrons. The third-order valence-electron chi connectivity index (χ3n) is 2.57. The van der Waals surface area contributed by atoms with Crippen LogP contribution in [0.25, 0.3) is 10.2 Å². The summed E-state index contributed by atoms with van der Waals surface area (Å²) < 4.78 is 1.04. The lowest BCUT2D eigenvalue weighted by Crippen LogP contribution is -2.00. The summed E-state index contributed by atoms with van der Waals surface area (Å²) in [6, 6.07) is 10.4. The molecule has 0 amide bonds. The fourth-order valence-corrected chi connectivity index (χ4v) is 2.80. The molecule has 0 spiro atoms. The number of anilines is 2. The van der Waals surface area contributed by atoms with Gasteiger partial charge in [-0.25, -0.2) is 14.8 Å². The molecule has 0 aliphatic carbocycles. The van der Waals surface area contributed by atoms with Gasteiger partial charge in [-0.1, -0.05) is 35.1 Å². The molecular weight excluding hydrogens is 298 g/mol. The maximum absolute atomic E-state index is 11.0. The van der Waals surface area contributed by atoms with Gasteiger partial charge in [0.2, 0.25) is 0 Å². The van der Waals surface area contributed by atoms with Gasteiger partial charge >= 0.3 is 5.97 Å². The van der Waals surface area contributed by atoms with Gasteiger partial charge in [-0.05, 0) is 24.3 Å². The van der Waals surface area contributed by atoms with Gasteiger partial charge in [0.15, 0.2) is 5.13 Å². The zero-order chi connectivity index (χ0) is 14.1. The SMILES string of the molecule is O=C(O)c1cc(Cl)nc(Nc2nc3ccccc3s2)c1. The van der Waals surface area contributed by atoms with Crippen LogP contribution in [0.4, 0.5) is 10.9 Å². The Bertz CT molecular complexity index is 770. The predicted molar refractivity (Wildman–Crippen MR) is 79.1 cm³/mol. The van der Waals surface area contributed by atoms with E-state index in [0.29, 0.717) is 10.9 Å². The van der Waals surface area contributed by atoms with Crippen molar-refractivity contribution in [1.29, 1.82) is 0 Å². The van der Waals surface area contributed by atoms with Crippen LogP contribution in [0.3, 0.4) is 0 Å². The Kier molecular flexibility index (Phi) is 3.25. The van der Waals surface area contributed by atoms with Crippen molar-refractivity contribution in [3.05, 3.63) is 47.1 Å². The van der Waals surface area contributed by atoms with Crippen LogP contribution in [-0.2, 0) is 0 Å². The molecule has 0 bridgehead atoms. The second-order valence-corrected chi connectivity index (χ2v) is 5.40. The van der Waals surface area contributed by atoms with Crippen LogP contribution in [0.1, 0.15) is 10.4 Å². The van der Waals surface area contributed by atoms with Gasteiger partial charge < -0.3 is 10.4 Å². The molecule has 2 heterocycles. The Morgan fingerprint density at radius 3 is 2.80 bits per heavy atom. The highest BCUT2D eigenvalue weighted by Gasteiger charge is 2.09. The van der Waals surface area contributed by atoms with E-state index in [-0.39, 0.29) is 10.7 Å². The van der Waals surface area contributed by atoms with Crippen LogP contribution >= 0.6 is 22.9 Å². The summed E-state index contributed by atoms with van der Waals surface area (Å²) in [5.41, 5.74) is 0.953. The average Bonchev–Trinajstić information content (AvgIpc) is 2.79. The second kappa shape index (κ2) is 5.07. The molecule has 0 saturated heterocycles. The monoisotopic (exact) mass is 305 g/mol. The Morgan fingerprint density at radius 2 is 2.05 bits per heavy atom. The lowest BCUT2D eigenvalue weighted by molar-refractivity contribution is 0.0697. The highest BCUT2D eigenvalue weighted by atomic mass is 35.5. The number of halogens is 1. The number of carboxylic acid groups (broad SMARTS) is 1.